The van der Waals surface area contributed by atoms with E-state index < -0.39 is 0 Å². The Hall–Kier alpha value is -6.65. The van der Waals surface area contributed by atoms with Gasteiger partial charge in [-0.3, -0.25) is 0 Å². The van der Waals surface area contributed by atoms with E-state index in [-0.39, 0.29) is 0 Å². The molecule has 3 aliphatic carbocycles. The maximum Gasteiger partial charge on any atom is 0.164 e. The van der Waals surface area contributed by atoms with Gasteiger partial charge in [0.15, 0.2) is 17.5 Å². The van der Waals surface area contributed by atoms with Crippen molar-refractivity contribution >= 4 is 17.0 Å². The summed E-state index contributed by atoms with van der Waals surface area (Å²) in [5.41, 5.74) is 14.2. The smallest absolute Gasteiger partial charge is 0.164 e. The van der Waals surface area contributed by atoms with Gasteiger partial charge in [0.25, 0.3) is 0 Å². The van der Waals surface area contributed by atoms with Gasteiger partial charge >= 0.3 is 0 Å². The number of aryl methyl sites for hydroxylation is 1. The second-order valence-electron chi connectivity index (χ2n) is 14.6. The van der Waals surface area contributed by atoms with Gasteiger partial charge in [-0.25, -0.2) is 15.0 Å². The van der Waals surface area contributed by atoms with Crippen LogP contribution >= 0.6 is 0 Å². The van der Waals surface area contributed by atoms with E-state index in [2.05, 4.69) is 140 Å². The van der Waals surface area contributed by atoms with E-state index in [0.717, 1.165) is 82.2 Å². The number of rotatable bonds is 7. The van der Waals surface area contributed by atoms with Crippen molar-refractivity contribution in [1.29, 1.82) is 0 Å². The molecule has 3 aliphatic rings. The number of nitrogens with zero attached hydrogens (tertiary/aromatic N) is 3. The number of hydrogen-bond acceptors (Lipinski definition) is 4. The van der Waals surface area contributed by atoms with Gasteiger partial charge < -0.3 is 4.42 Å². The average molecular weight is 710 g/mol. The molecule has 7 aromatic rings. The zero-order chi connectivity index (χ0) is 36.6. The quantitative estimate of drug-likeness (QED) is 0.165. The highest BCUT2D eigenvalue weighted by Gasteiger charge is 2.25. The van der Waals surface area contributed by atoms with Crippen LogP contribution in [0.15, 0.2) is 191 Å². The Balaban J connectivity index is 1.02. The van der Waals surface area contributed by atoms with Crippen LogP contribution in [0.25, 0.3) is 62.3 Å². The highest BCUT2D eigenvalue weighted by atomic mass is 16.3. The number of allylic oxidation sites excluding steroid dienone is 9. The van der Waals surface area contributed by atoms with Crippen LogP contribution in [0.4, 0.5) is 0 Å². The highest BCUT2D eigenvalue weighted by molar-refractivity contribution is 6.00. The number of hydrogen-bond donors (Lipinski definition) is 0. The summed E-state index contributed by atoms with van der Waals surface area (Å²) in [6.07, 6.45) is 18.9. The van der Waals surface area contributed by atoms with Crippen LogP contribution in [0.2, 0.25) is 0 Å². The third-order valence-electron chi connectivity index (χ3n) is 11.2. The normalized spacial score (nSPS) is 16.5. The summed E-state index contributed by atoms with van der Waals surface area (Å²) < 4.78 is 6.56. The fourth-order valence-corrected chi connectivity index (χ4v) is 8.32. The molecule has 0 saturated carbocycles. The third-order valence-corrected chi connectivity index (χ3v) is 11.2. The molecular weight excluding hydrogens is 671 g/mol. The van der Waals surface area contributed by atoms with E-state index in [1.54, 1.807) is 0 Å². The Labute approximate surface area is 321 Å². The summed E-state index contributed by atoms with van der Waals surface area (Å²) in [6, 6.07) is 46.2. The third kappa shape index (κ3) is 6.51. The van der Waals surface area contributed by atoms with Gasteiger partial charge in [-0.15, -0.1) is 0 Å². The van der Waals surface area contributed by atoms with Gasteiger partial charge in [-0.1, -0.05) is 152 Å². The van der Waals surface area contributed by atoms with Crippen LogP contribution in [0.5, 0.6) is 0 Å². The molecule has 0 bridgehead atoms. The minimum absolute atomic E-state index is 0.430. The molecule has 0 radical (unpaired) electrons. The lowest BCUT2D eigenvalue weighted by molar-refractivity contribution is 0.543. The number of benzene rings is 5. The molecule has 4 heteroatoms. The summed E-state index contributed by atoms with van der Waals surface area (Å²) in [6.45, 7) is 0. The van der Waals surface area contributed by atoms with Crippen molar-refractivity contribution in [2.45, 2.75) is 38.0 Å². The largest absolute Gasteiger partial charge is 0.460 e. The van der Waals surface area contributed by atoms with Crippen LogP contribution in [0.3, 0.4) is 0 Å². The fraction of sp³-hybridized carbons (Fsp3) is 0.118. The Bertz CT molecular complexity index is 2710. The lowest BCUT2D eigenvalue weighted by Gasteiger charge is -2.24. The molecule has 0 aliphatic heterocycles. The molecule has 55 heavy (non-hydrogen) atoms. The summed E-state index contributed by atoms with van der Waals surface area (Å²) in [7, 11) is 0. The van der Waals surface area contributed by atoms with Crippen LogP contribution < -0.4 is 0 Å². The minimum Gasteiger partial charge on any atom is -0.460 e. The molecule has 5 aromatic carbocycles. The van der Waals surface area contributed by atoms with Gasteiger partial charge in [0, 0.05) is 40.0 Å². The average Bonchev–Trinajstić information content (AvgIpc) is 3.66. The Morgan fingerprint density at radius 3 is 1.87 bits per heavy atom. The Kier molecular flexibility index (Phi) is 8.57. The number of aromatic nitrogens is 3. The minimum atomic E-state index is 0.430. The predicted molar refractivity (Wildman–Crippen MR) is 224 cm³/mol. The standard InChI is InChI=1S/C51H39N3O/c1-4-13-34(14-5-1)39-19-10-20-40(31-39)36-25-27-37(28-26-36)42-29-30-46-45(33-42)48-44(23-12-24-47(48)55-46)51-53-49(38-17-8-3-9-18-38)52-50(54-51)43-22-11-21-41(32-43)35-15-6-2-7-16-35/h1-25,27,32-33,39H,26,28-31H2. The highest BCUT2D eigenvalue weighted by Crippen LogP contribution is 2.42. The zero-order valence-electron chi connectivity index (χ0n) is 30.5. The second-order valence-corrected chi connectivity index (χ2v) is 14.6. The molecule has 264 valence electrons. The van der Waals surface area contributed by atoms with E-state index >= 15 is 0 Å². The monoisotopic (exact) mass is 709 g/mol. The molecule has 2 aromatic heterocycles. The predicted octanol–water partition coefficient (Wildman–Crippen LogP) is 12.9. The second kappa shape index (κ2) is 14.3. The number of fused-ring (bicyclic) bond motifs is 3. The first-order valence-electron chi connectivity index (χ1n) is 19.3. The zero-order valence-corrected chi connectivity index (χ0v) is 30.5. The van der Waals surface area contributed by atoms with Crippen molar-refractivity contribution < 1.29 is 4.42 Å². The summed E-state index contributed by atoms with van der Waals surface area (Å²) in [5.74, 6) is 3.37. The maximum atomic E-state index is 6.56. The van der Waals surface area contributed by atoms with Crippen molar-refractivity contribution in [3.8, 4) is 45.3 Å². The lowest BCUT2D eigenvalue weighted by Crippen LogP contribution is -2.06. The van der Waals surface area contributed by atoms with Crippen LogP contribution in [0, 0.1) is 0 Å². The number of furan rings is 1. The molecule has 0 N–H and O–H groups in total. The van der Waals surface area contributed by atoms with E-state index in [1.807, 2.05) is 30.3 Å². The Morgan fingerprint density at radius 1 is 0.491 bits per heavy atom. The van der Waals surface area contributed by atoms with Gasteiger partial charge in [-0.05, 0) is 82.9 Å². The van der Waals surface area contributed by atoms with Crippen molar-refractivity contribution in [2.75, 3.05) is 0 Å². The molecule has 4 nitrogen and oxygen atoms in total. The van der Waals surface area contributed by atoms with E-state index in [4.69, 9.17) is 19.4 Å². The van der Waals surface area contributed by atoms with Crippen molar-refractivity contribution in [3.63, 3.8) is 0 Å². The van der Waals surface area contributed by atoms with Crippen molar-refractivity contribution in [2.24, 2.45) is 0 Å². The van der Waals surface area contributed by atoms with E-state index in [0.29, 0.717) is 23.4 Å². The Morgan fingerprint density at radius 2 is 1.11 bits per heavy atom. The molecule has 0 amide bonds. The van der Waals surface area contributed by atoms with Gasteiger partial charge in [0.05, 0.1) is 0 Å². The lowest BCUT2D eigenvalue weighted by atomic mass is 9.80. The fourth-order valence-electron chi connectivity index (χ4n) is 8.32. The first kappa shape index (κ1) is 33.0. The first-order chi connectivity index (χ1) is 27.2. The first-order valence-corrected chi connectivity index (χ1v) is 19.3. The molecule has 0 saturated heterocycles. The SMILES string of the molecule is C1=CC(c2ccccc2)CC(C2=CC=C(C3=Cc4c(oc5cccc(-c6nc(-c7ccccc7)nc(-c7cccc(-c8ccccc8)c7)n6)c45)CC3)CC2)=C1. The van der Waals surface area contributed by atoms with Gasteiger partial charge in [0.1, 0.15) is 11.3 Å². The topological polar surface area (TPSA) is 51.8 Å². The van der Waals surface area contributed by atoms with E-state index in [1.165, 1.54) is 27.9 Å². The van der Waals surface area contributed by atoms with E-state index in [9.17, 15) is 0 Å². The summed E-state index contributed by atoms with van der Waals surface area (Å²) >= 11 is 0. The van der Waals surface area contributed by atoms with Crippen LogP contribution in [0.1, 0.15) is 48.5 Å². The summed E-state index contributed by atoms with van der Waals surface area (Å²) in [5, 5.41) is 1.06. The summed E-state index contributed by atoms with van der Waals surface area (Å²) in [4.78, 5) is 15.4. The van der Waals surface area contributed by atoms with Gasteiger partial charge in [0.2, 0.25) is 0 Å². The van der Waals surface area contributed by atoms with Crippen molar-refractivity contribution in [1.82, 2.24) is 15.0 Å². The molecule has 1 unspecified atom stereocenters. The van der Waals surface area contributed by atoms with Crippen LogP contribution in [-0.4, -0.2) is 15.0 Å². The maximum absolute atomic E-state index is 6.56. The molecule has 0 fully saturated rings. The molecular formula is C51H39N3O. The molecule has 2 heterocycles. The van der Waals surface area contributed by atoms with Crippen LogP contribution in [-0.2, 0) is 6.42 Å². The van der Waals surface area contributed by atoms with Crippen molar-refractivity contribution in [3.05, 3.63) is 203 Å². The molecule has 10 rings (SSSR count). The van der Waals surface area contributed by atoms with Gasteiger partial charge in [-0.2, -0.15) is 0 Å². The molecule has 1 atom stereocenters. The molecule has 0 spiro atoms.